The summed E-state index contributed by atoms with van der Waals surface area (Å²) in [5, 5.41) is 7.96. The first-order chi connectivity index (χ1) is 18.6. The average molecular weight is 539 g/mol. The summed E-state index contributed by atoms with van der Waals surface area (Å²) in [4.78, 5) is 27.3. The molecule has 0 saturated carbocycles. The molecule has 0 saturated heterocycles. The van der Waals surface area contributed by atoms with Crippen molar-refractivity contribution in [1.29, 1.82) is 0 Å². The van der Waals surface area contributed by atoms with Gasteiger partial charge in [-0.1, -0.05) is 42.5 Å². The van der Waals surface area contributed by atoms with Crippen molar-refractivity contribution in [3.8, 4) is 11.3 Å². The van der Waals surface area contributed by atoms with Crippen molar-refractivity contribution in [1.82, 2.24) is 14.7 Å². The lowest BCUT2D eigenvalue weighted by Gasteiger charge is -2.13. The Bertz CT molecular complexity index is 1500. The summed E-state index contributed by atoms with van der Waals surface area (Å²) in [6.45, 7) is 1.33. The van der Waals surface area contributed by atoms with Crippen molar-refractivity contribution in [2.75, 3.05) is 32.6 Å². The fourth-order valence-corrected chi connectivity index (χ4v) is 4.11. The molecule has 0 unspecified atom stereocenters. The summed E-state index contributed by atoms with van der Waals surface area (Å²) < 4.78 is 46.5. The summed E-state index contributed by atoms with van der Waals surface area (Å²) in [6, 6.07) is 18.5. The van der Waals surface area contributed by atoms with Crippen LogP contribution in [0.2, 0.25) is 0 Å². The Morgan fingerprint density at radius 3 is 2.38 bits per heavy atom. The zero-order valence-electron chi connectivity index (χ0n) is 21.7. The summed E-state index contributed by atoms with van der Waals surface area (Å²) in [5.41, 5.74) is 0.635. The van der Waals surface area contributed by atoms with Crippen LogP contribution in [-0.4, -0.2) is 48.0 Å². The standard InChI is InChI=1S/C29H29F3N4O3/c1-35(2)16-5-6-17-39-28(38)33-23-14-12-20(13-15-23)19-36-27(37)25-11-4-3-10-24(25)26(34-36)21-8-7-9-22(18-21)29(30,31)32/h3-4,7-15,18H,5-6,16-17,19H2,1-2H3,(H,33,38). The predicted octanol–water partition coefficient (Wildman–Crippen LogP) is 6.02. The second-order valence-electron chi connectivity index (χ2n) is 9.40. The van der Waals surface area contributed by atoms with E-state index in [2.05, 4.69) is 15.3 Å². The van der Waals surface area contributed by atoms with Crippen LogP contribution in [0, 0.1) is 0 Å². The van der Waals surface area contributed by atoms with Crippen LogP contribution in [0.4, 0.5) is 23.7 Å². The average Bonchev–Trinajstić information content (AvgIpc) is 2.90. The lowest BCUT2D eigenvalue weighted by Crippen LogP contribution is -2.24. The zero-order chi connectivity index (χ0) is 28.0. The molecule has 39 heavy (non-hydrogen) atoms. The van der Waals surface area contributed by atoms with E-state index in [1.165, 1.54) is 10.7 Å². The quantitative estimate of drug-likeness (QED) is 0.264. The number of hydrogen-bond acceptors (Lipinski definition) is 5. The predicted molar refractivity (Wildman–Crippen MR) is 145 cm³/mol. The smallest absolute Gasteiger partial charge is 0.416 e. The Balaban J connectivity index is 1.52. The number of hydrogen-bond donors (Lipinski definition) is 1. The molecule has 0 bridgehead atoms. The number of anilines is 1. The molecule has 204 valence electrons. The van der Waals surface area contributed by atoms with Gasteiger partial charge < -0.3 is 9.64 Å². The summed E-state index contributed by atoms with van der Waals surface area (Å²) >= 11 is 0. The Labute approximate surface area is 223 Å². The number of aromatic nitrogens is 2. The topological polar surface area (TPSA) is 76.5 Å². The maximum atomic E-state index is 13.3. The number of alkyl halides is 3. The highest BCUT2D eigenvalue weighted by molar-refractivity contribution is 5.93. The van der Waals surface area contributed by atoms with Gasteiger partial charge in [0, 0.05) is 16.6 Å². The highest BCUT2D eigenvalue weighted by Gasteiger charge is 2.30. The molecule has 1 amide bonds. The van der Waals surface area contributed by atoms with E-state index in [4.69, 9.17) is 4.74 Å². The van der Waals surface area contributed by atoms with Gasteiger partial charge in [0.2, 0.25) is 0 Å². The van der Waals surface area contributed by atoms with Crippen LogP contribution in [0.5, 0.6) is 0 Å². The molecule has 3 aromatic carbocycles. The van der Waals surface area contributed by atoms with E-state index in [-0.39, 0.29) is 23.4 Å². The van der Waals surface area contributed by atoms with Crippen LogP contribution >= 0.6 is 0 Å². The molecule has 0 atom stereocenters. The summed E-state index contributed by atoms with van der Waals surface area (Å²) in [5.74, 6) is 0. The van der Waals surface area contributed by atoms with E-state index in [1.54, 1.807) is 54.6 Å². The van der Waals surface area contributed by atoms with Crippen LogP contribution in [0.15, 0.2) is 77.6 Å². The van der Waals surface area contributed by atoms with E-state index in [0.717, 1.165) is 37.1 Å². The second kappa shape index (κ2) is 12.1. The maximum Gasteiger partial charge on any atom is 0.416 e. The Kier molecular flexibility index (Phi) is 8.65. The van der Waals surface area contributed by atoms with Gasteiger partial charge in [-0.05, 0) is 69.4 Å². The molecule has 1 aromatic heterocycles. The highest BCUT2D eigenvalue weighted by Crippen LogP contribution is 2.33. The van der Waals surface area contributed by atoms with Crippen LogP contribution < -0.4 is 10.9 Å². The minimum absolute atomic E-state index is 0.0895. The summed E-state index contributed by atoms with van der Waals surface area (Å²) in [6.07, 6.45) is -3.37. The molecule has 0 aliphatic rings. The van der Waals surface area contributed by atoms with Crippen molar-refractivity contribution >= 4 is 22.6 Å². The number of benzene rings is 3. The van der Waals surface area contributed by atoms with Gasteiger partial charge >= 0.3 is 12.3 Å². The van der Waals surface area contributed by atoms with Crippen molar-refractivity contribution in [3.05, 3.63) is 94.3 Å². The monoisotopic (exact) mass is 538 g/mol. The van der Waals surface area contributed by atoms with Crippen LogP contribution in [0.25, 0.3) is 22.0 Å². The lowest BCUT2D eigenvalue weighted by atomic mass is 10.0. The van der Waals surface area contributed by atoms with Gasteiger partial charge in [0.1, 0.15) is 0 Å². The van der Waals surface area contributed by atoms with Gasteiger partial charge in [-0.2, -0.15) is 18.3 Å². The lowest BCUT2D eigenvalue weighted by molar-refractivity contribution is -0.137. The summed E-state index contributed by atoms with van der Waals surface area (Å²) in [7, 11) is 3.97. The number of rotatable bonds is 9. The number of nitrogens with one attached hydrogen (secondary N) is 1. The number of fused-ring (bicyclic) bond motifs is 1. The van der Waals surface area contributed by atoms with Crippen LogP contribution in [0.1, 0.15) is 24.0 Å². The first-order valence-electron chi connectivity index (χ1n) is 12.5. The van der Waals surface area contributed by atoms with Gasteiger partial charge in [-0.15, -0.1) is 0 Å². The third-order valence-electron chi connectivity index (χ3n) is 6.10. The first-order valence-corrected chi connectivity index (χ1v) is 12.5. The normalized spacial score (nSPS) is 11.6. The first kappa shape index (κ1) is 27.8. The Hall–Kier alpha value is -4.18. The van der Waals surface area contributed by atoms with Crippen LogP contribution in [0.3, 0.4) is 0 Å². The number of halogens is 3. The third kappa shape index (κ3) is 7.23. The molecule has 0 aliphatic carbocycles. The molecule has 7 nitrogen and oxygen atoms in total. The van der Waals surface area contributed by atoms with Gasteiger partial charge in [0.15, 0.2) is 0 Å². The van der Waals surface area contributed by atoms with Crippen molar-refractivity contribution in [2.24, 2.45) is 0 Å². The van der Waals surface area contributed by atoms with Crippen molar-refractivity contribution in [3.63, 3.8) is 0 Å². The molecule has 0 radical (unpaired) electrons. The zero-order valence-corrected chi connectivity index (χ0v) is 21.7. The molecular formula is C29H29F3N4O3. The van der Waals surface area contributed by atoms with Gasteiger partial charge in [-0.25, -0.2) is 9.48 Å². The van der Waals surface area contributed by atoms with Gasteiger partial charge in [-0.3, -0.25) is 10.1 Å². The highest BCUT2D eigenvalue weighted by atomic mass is 19.4. The van der Waals surface area contributed by atoms with Crippen molar-refractivity contribution in [2.45, 2.75) is 25.6 Å². The van der Waals surface area contributed by atoms with Gasteiger partial charge in [0.25, 0.3) is 5.56 Å². The molecule has 4 aromatic rings. The minimum atomic E-state index is -4.51. The molecule has 10 heteroatoms. The maximum absolute atomic E-state index is 13.3. The third-order valence-corrected chi connectivity index (χ3v) is 6.10. The second-order valence-corrected chi connectivity index (χ2v) is 9.40. The molecule has 0 aliphatic heterocycles. The van der Waals surface area contributed by atoms with E-state index in [1.807, 2.05) is 14.1 Å². The van der Waals surface area contributed by atoms with Gasteiger partial charge in [0.05, 0.1) is 29.8 Å². The molecule has 4 rings (SSSR count). The number of ether oxygens (including phenoxy) is 1. The molecule has 0 spiro atoms. The van der Waals surface area contributed by atoms with Crippen LogP contribution in [-0.2, 0) is 17.5 Å². The molecule has 1 heterocycles. The Morgan fingerprint density at radius 2 is 1.69 bits per heavy atom. The number of amides is 1. The largest absolute Gasteiger partial charge is 0.449 e. The molecule has 0 fully saturated rings. The Morgan fingerprint density at radius 1 is 0.974 bits per heavy atom. The number of carbonyl (C=O) groups excluding carboxylic acids is 1. The number of unbranched alkanes of at least 4 members (excludes halogenated alkanes) is 1. The number of carbonyl (C=O) groups is 1. The molecular weight excluding hydrogens is 509 g/mol. The van der Waals surface area contributed by atoms with E-state index in [9.17, 15) is 22.8 Å². The minimum Gasteiger partial charge on any atom is -0.449 e. The van der Waals surface area contributed by atoms with E-state index < -0.39 is 17.8 Å². The SMILES string of the molecule is CN(C)CCCCOC(=O)Nc1ccc(Cn2nc(-c3cccc(C(F)(F)F)c3)c3ccccc3c2=O)cc1. The fourth-order valence-electron chi connectivity index (χ4n) is 4.11. The van der Waals surface area contributed by atoms with Crippen molar-refractivity contribution < 1.29 is 22.7 Å². The number of nitrogens with zero attached hydrogens (tertiary/aromatic N) is 3. The van der Waals surface area contributed by atoms with E-state index >= 15 is 0 Å². The fraction of sp³-hybridized carbons (Fsp3) is 0.276. The van der Waals surface area contributed by atoms with E-state index in [0.29, 0.717) is 23.1 Å². The molecule has 1 N–H and O–H groups in total.